The molecule has 0 bridgehead atoms. The molecule has 5 heteroatoms. The van der Waals surface area contributed by atoms with Crippen molar-refractivity contribution >= 4 is 21.7 Å². The number of pyridine rings is 1. The van der Waals surface area contributed by atoms with E-state index in [0.717, 1.165) is 56.1 Å². The van der Waals surface area contributed by atoms with Crippen LogP contribution in [0.1, 0.15) is 49.5 Å². The van der Waals surface area contributed by atoms with E-state index in [-0.39, 0.29) is 11.2 Å². The number of hydrogen-bond donors (Lipinski definition) is 0. The summed E-state index contributed by atoms with van der Waals surface area (Å²) in [6.45, 7) is 9.16. The van der Waals surface area contributed by atoms with Gasteiger partial charge in [-0.25, -0.2) is 8.78 Å². The van der Waals surface area contributed by atoms with E-state index in [2.05, 4.69) is 0 Å². The van der Waals surface area contributed by atoms with Crippen LogP contribution >= 0.6 is 0 Å². The van der Waals surface area contributed by atoms with Crippen molar-refractivity contribution in [3.8, 4) is 16.9 Å². The van der Waals surface area contributed by atoms with Crippen molar-refractivity contribution in [1.29, 1.82) is 0 Å². The van der Waals surface area contributed by atoms with Gasteiger partial charge in [-0.2, -0.15) is 0 Å². The Kier molecular flexibility index (Phi) is 5.32. The minimum Gasteiger partial charge on any atom is -0.493 e. The summed E-state index contributed by atoms with van der Waals surface area (Å²) < 4.78 is 39.0. The Balaban J connectivity index is 1.83. The van der Waals surface area contributed by atoms with E-state index in [1.165, 1.54) is 11.6 Å². The summed E-state index contributed by atoms with van der Waals surface area (Å²) in [5.74, 6) is 0.840. The normalized spacial score (nSPS) is 13.7. The van der Waals surface area contributed by atoms with Gasteiger partial charge in [0.25, 0.3) is 6.43 Å². The van der Waals surface area contributed by atoms with E-state index in [9.17, 15) is 8.78 Å². The minimum absolute atomic E-state index is 0.0231. The number of aryl methyl sites for hydroxylation is 1. The first-order chi connectivity index (χ1) is 15.7. The second-order valence-corrected chi connectivity index (χ2v) is 9.63. The van der Waals surface area contributed by atoms with Gasteiger partial charge in [0.2, 0.25) is 0 Å². The Morgan fingerprint density at radius 3 is 2.67 bits per heavy atom. The third-order valence-corrected chi connectivity index (χ3v) is 6.23. The van der Waals surface area contributed by atoms with Gasteiger partial charge in [0, 0.05) is 29.1 Å². The maximum atomic E-state index is 13.4. The molecule has 0 fully saturated rings. The van der Waals surface area contributed by atoms with Gasteiger partial charge < -0.3 is 9.47 Å². The molecule has 0 amide bonds. The van der Waals surface area contributed by atoms with Gasteiger partial charge in [-0.1, -0.05) is 18.2 Å². The predicted octanol–water partition coefficient (Wildman–Crippen LogP) is 7.55. The molecule has 1 aliphatic rings. The first-order valence-electron chi connectivity index (χ1n) is 11.2. The molecule has 0 N–H and O–H groups in total. The lowest BCUT2D eigenvalue weighted by Crippen LogP contribution is -2.19. The highest BCUT2D eigenvalue weighted by Crippen LogP contribution is 2.43. The number of halogens is 2. The molecule has 4 aromatic rings. The molecule has 2 heterocycles. The van der Waals surface area contributed by atoms with Crippen LogP contribution in [0.15, 0.2) is 48.7 Å². The molecule has 1 aliphatic heterocycles. The third-order valence-electron chi connectivity index (χ3n) is 6.23. The molecule has 170 valence electrons. The van der Waals surface area contributed by atoms with Gasteiger partial charge >= 0.3 is 0 Å². The zero-order valence-electron chi connectivity index (χ0n) is 19.3. The number of hydrogen-bond acceptors (Lipinski definition) is 3. The van der Waals surface area contributed by atoms with Gasteiger partial charge in [-0.05, 0) is 85.0 Å². The van der Waals surface area contributed by atoms with Gasteiger partial charge in [-0.15, -0.1) is 0 Å². The first-order valence-corrected chi connectivity index (χ1v) is 11.2. The molecule has 0 atom stereocenters. The Labute approximate surface area is 192 Å². The largest absolute Gasteiger partial charge is 0.493 e. The Morgan fingerprint density at radius 1 is 1.09 bits per heavy atom. The lowest BCUT2D eigenvalue weighted by molar-refractivity contribution is -0.0149. The first kappa shape index (κ1) is 21.8. The molecule has 0 saturated heterocycles. The van der Waals surface area contributed by atoms with E-state index < -0.39 is 6.43 Å². The Hall–Kier alpha value is -3.05. The number of aromatic nitrogens is 1. The summed E-state index contributed by atoms with van der Waals surface area (Å²) in [7, 11) is 0. The van der Waals surface area contributed by atoms with E-state index in [1.54, 1.807) is 12.1 Å². The van der Waals surface area contributed by atoms with Crippen LogP contribution in [-0.4, -0.2) is 17.2 Å². The molecular weight excluding hydrogens is 420 g/mol. The second-order valence-electron chi connectivity index (χ2n) is 9.63. The number of ether oxygens (including phenoxy) is 2. The molecule has 3 aromatic carbocycles. The summed E-state index contributed by atoms with van der Waals surface area (Å²) >= 11 is 0. The second kappa shape index (κ2) is 8.07. The van der Waals surface area contributed by atoms with Crippen LogP contribution in [0.3, 0.4) is 0 Å². The van der Waals surface area contributed by atoms with Crippen LogP contribution in [0.4, 0.5) is 8.78 Å². The molecule has 33 heavy (non-hydrogen) atoms. The number of nitrogens with zero attached hydrogens (tertiary/aromatic N) is 1. The molecular formula is C28H27F2NO2. The molecule has 0 aliphatic carbocycles. The standard InChI is InChI=1S/C28H27F2NO2/c1-16-13-19-14-18(27(29)30)5-6-20(19)25(22(16)15-33-28(2,3)4)21-7-8-23-24-17(10-12-32-23)9-11-31-26(21)24/h5-9,11,13-14,27H,10,12,15H2,1-4H3. The van der Waals surface area contributed by atoms with E-state index >= 15 is 0 Å². The van der Waals surface area contributed by atoms with Gasteiger partial charge in [0.05, 0.1) is 24.3 Å². The van der Waals surface area contributed by atoms with Crippen LogP contribution in [0, 0.1) is 6.92 Å². The highest BCUT2D eigenvalue weighted by molar-refractivity contribution is 6.08. The molecule has 0 unspecified atom stereocenters. The van der Waals surface area contributed by atoms with E-state index in [0.29, 0.717) is 13.2 Å². The fraction of sp³-hybridized carbons (Fsp3) is 0.321. The van der Waals surface area contributed by atoms with Crippen molar-refractivity contribution in [2.45, 2.75) is 52.7 Å². The van der Waals surface area contributed by atoms with Crippen LogP contribution < -0.4 is 4.74 Å². The van der Waals surface area contributed by atoms with E-state index in [4.69, 9.17) is 14.5 Å². The fourth-order valence-corrected chi connectivity index (χ4v) is 4.63. The van der Waals surface area contributed by atoms with Crippen LogP contribution in [0.25, 0.3) is 32.8 Å². The molecule has 0 spiro atoms. The minimum atomic E-state index is -2.51. The summed E-state index contributed by atoms with van der Waals surface area (Å²) in [5, 5.41) is 2.73. The Morgan fingerprint density at radius 2 is 1.91 bits per heavy atom. The van der Waals surface area contributed by atoms with Crippen molar-refractivity contribution in [3.63, 3.8) is 0 Å². The maximum absolute atomic E-state index is 13.4. The lowest BCUT2D eigenvalue weighted by Gasteiger charge is -2.24. The average molecular weight is 448 g/mol. The summed E-state index contributed by atoms with van der Waals surface area (Å²) in [6, 6.07) is 13.0. The number of alkyl halides is 2. The van der Waals surface area contributed by atoms with E-state index in [1.807, 2.05) is 58.2 Å². The van der Waals surface area contributed by atoms with Crippen molar-refractivity contribution in [1.82, 2.24) is 4.98 Å². The average Bonchev–Trinajstić information content (AvgIpc) is 2.77. The highest BCUT2D eigenvalue weighted by atomic mass is 19.3. The van der Waals surface area contributed by atoms with Gasteiger partial charge in [0.15, 0.2) is 0 Å². The zero-order valence-corrected chi connectivity index (χ0v) is 19.3. The smallest absolute Gasteiger partial charge is 0.263 e. The van der Waals surface area contributed by atoms with Crippen LogP contribution in [0.2, 0.25) is 0 Å². The highest BCUT2D eigenvalue weighted by Gasteiger charge is 2.23. The quantitative estimate of drug-likeness (QED) is 0.324. The van der Waals surface area contributed by atoms with Crippen molar-refractivity contribution in [2.75, 3.05) is 6.61 Å². The predicted molar refractivity (Wildman–Crippen MR) is 128 cm³/mol. The summed E-state index contributed by atoms with van der Waals surface area (Å²) in [5.41, 5.74) is 5.79. The molecule has 0 saturated carbocycles. The topological polar surface area (TPSA) is 31.4 Å². The van der Waals surface area contributed by atoms with Gasteiger partial charge in [-0.3, -0.25) is 4.98 Å². The van der Waals surface area contributed by atoms with Gasteiger partial charge in [0.1, 0.15) is 5.75 Å². The van der Waals surface area contributed by atoms with Crippen LogP contribution in [0.5, 0.6) is 5.75 Å². The zero-order chi connectivity index (χ0) is 23.3. The lowest BCUT2D eigenvalue weighted by atomic mass is 9.87. The third kappa shape index (κ3) is 3.95. The molecule has 3 nitrogen and oxygen atoms in total. The monoisotopic (exact) mass is 447 g/mol. The number of fused-ring (bicyclic) bond motifs is 1. The van der Waals surface area contributed by atoms with Crippen molar-refractivity contribution in [3.05, 3.63) is 70.9 Å². The van der Waals surface area contributed by atoms with Crippen molar-refractivity contribution in [2.24, 2.45) is 0 Å². The SMILES string of the molecule is Cc1cc2cc(C(F)F)ccc2c(-c2ccc3c4c(ccnc24)CCO3)c1COC(C)(C)C. The summed E-state index contributed by atoms with van der Waals surface area (Å²) in [4.78, 5) is 4.75. The number of rotatable bonds is 4. The summed E-state index contributed by atoms with van der Waals surface area (Å²) in [6.07, 6.45) is 0.164. The number of benzene rings is 3. The molecule has 0 radical (unpaired) electrons. The van der Waals surface area contributed by atoms with Crippen molar-refractivity contribution < 1.29 is 18.3 Å². The molecule has 1 aromatic heterocycles. The maximum Gasteiger partial charge on any atom is 0.263 e. The fourth-order valence-electron chi connectivity index (χ4n) is 4.63. The Bertz CT molecular complexity index is 1360. The molecule has 5 rings (SSSR count). The van der Waals surface area contributed by atoms with Crippen LogP contribution in [-0.2, 0) is 17.8 Å².